The van der Waals surface area contributed by atoms with Gasteiger partial charge in [0.05, 0.1) is 5.01 Å². The number of rotatable bonds is 8. The van der Waals surface area contributed by atoms with E-state index < -0.39 is 0 Å². The maximum atomic E-state index is 4.57. The summed E-state index contributed by atoms with van der Waals surface area (Å²) in [6.07, 6.45) is 4.94. The molecule has 1 rings (SSSR count). The normalized spacial score (nSPS) is 13.2. The van der Waals surface area contributed by atoms with Crippen molar-refractivity contribution in [3.8, 4) is 0 Å². The van der Waals surface area contributed by atoms with Gasteiger partial charge in [0.25, 0.3) is 0 Å². The third kappa shape index (κ3) is 5.17. The molecule has 1 atom stereocenters. The highest BCUT2D eigenvalue weighted by Gasteiger charge is 2.15. The number of aryl methyl sites for hydroxylation is 1. The summed E-state index contributed by atoms with van der Waals surface area (Å²) in [6.45, 7) is 9.90. The van der Waals surface area contributed by atoms with Gasteiger partial charge >= 0.3 is 0 Å². The van der Waals surface area contributed by atoms with E-state index in [4.69, 9.17) is 0 Å². The van der Waals surface area contributed by atoms with Crippen LogP contribution in [0.1, 0.15) is 50.7 Å². The van der Waals surface area contributed by atoms with Crippen molar-refractivity contribution in [2.24, 2.45) is 5.92 Å². The van der Waals surface area contributed by atoms with Crippen LogP contribution in [0.5, 0.6) is 0 Å². The molecule has 0 aliphatic rings. The predicted octanol–water partition coefficient (Wildman–Crippen LogP) is 3.80. The third-order valence-electron chi connectivity index (χ3n) is 3.35. The minimum absolute atomic E-state index is 0.593. The lowest BCUT2D eigenvalue weighted by molar-refractivity contribution is 0.367. The summed E-state index contributed by atoms with van der Waals surface area (Å²) in [5.74, 6) is 0.847. The second kappa shape index (κ2) is 7.83. The number of thiazole rings is 1. The van der Waals surface area contributed by atoms with E-state index in [-0.39, 0.29) is 0 Å². The molecule has 0 aliphatic heterocycles. The van der Waals surface area contributed by atoms with Gasteiger partial charge in [0.15, 0.2) is 0 Å². The van der Waals surface area contributed by atoms with Gasteiger partial charge in [-0.2, -0.15) is 0 Å². The van der Waals surface area contributed by atoms with E-state index in [1.165, 1.54) is 24.3 Å². The highest BCUT2D eigenvalue weighted by Crippen LogP contribution is 2.19. The number of nitrogens with zero attached hydrogens (tertiary/aromatic N) is 1. The van der Waals surface area contributed by atoms with Crippen molar-refractivity contribution in [3.63, 3.8) is 0 Å². The Morgan fingerprint density at radius 1 is 1.29 bits per heavy atom. The van der Waals surface area contributed by atoms with Crippen molar-refractivity contribution in [3.05, 3.63) is 16.1 Å². The lowest BCUT2D eigenvalue weighted by Gasteiger charge is -2.21. The highest BCUT2D eigenvalue weighted by atomic mass is 32.1. The number of hydrogen-bond acceptors (Lipinski definition) is 3. The van der Waals surface area contributed by atoms with Crippen LogP contribution in [0, 0.1) is 12.8 Å². The van der Waals surface area contributed by atoms with Crippen molar-refractivity contribution in [1.82, 2.24) is 10.3 Å². The molecule has 0 aromatic carbocycles. The van der Waals surface area contributed by atoms with Gasteiger partial charge in [-0.05, 0) is 25.8 Å². The average Bonchev–Trinajstić information content (AvgIpc) is 2.71. The first-order valence-corrected chi connectivity index (χ1v) is 7.71. The lowest BCUT2D eigenvalue weighted by Crippen LogP contribution is -2.33. The summed E-state index contributed by atoms with van der Waals surface area (Å²) >= 11 is 1.79. The van der Waals surface area contributed by atoms with E-state index >= 15 is 0 Å². The fraction of sp³-hybridized carbons (Fsp3) is 0.786. The van der Waals surface area contributed by atoms with Gasteiger partial charge in [-0.15, -0.1) is 11.3 Å². The summed E-state index contributed by atoms with van der Waals surface area (Å²) in [4.78, 5) is 4.57. The van der Waals surface area contributed by atoms with Crippen molar-refractivity contribution in [1.29, 1.82) is 0 Å². The number of hydrogen-bond donors (Lipinski definition) is 1. The minimum atomic E-state index is 0.593. The molecule has 0 saturated heterocycles. The molecule has 0 fully saturated rings. The van der Waals surface area contributed by atoms with Crippen molar-refractivity contribution in [2.45, 2.75) is 59.4 Å². The van der Waals surface area contributed by atoms with Crippen LogP contribution in [0.15, 0.2) is 5.38 Å². The zero-order chi connectivity index (χ0) is 12.7. The molecule has 17 heavy (non-hydrogen) atoms. The maximum absolute atomic E-state index is 4.57. The van der Waals surface area contributed by atoms with Crippen LogP contribution in [-0.2, 0) is 6.42 Å². The van der Waals surface area contributed by atoms with E-state index in [0.29, 0.717) is 6.04 Å². The Bertz CT molecular complexity index is 305. The first kappa shape index (κ1) is 14.7. The predicted molar refractivity (Wildman–Crippen MR) is 76.7 cm³/mol. The van der Waals surface area contributed by atoms with Crippen molar-refractivity contribution < 1.29 is 0 Å². The first-order chi connectivity index (χ1) is 8.19. The average molecular weight is 254 g/mol. The quantitative estimate of drug-likeness (QED) is 0.763. The Balaban J connectivity index is 2.53. The van der Waals surface area contributed by atoms with E-state index in [1.807, 2.05) is 0 Å². The summed E-state index contributed by atoms with van der Waals surface area (Å²) < 4.78 is 0. The van der Waals surface area contributed by atoms with Crippen LogP contribution < -0.4 is 5.32 Å². The molecule has 1 heterocycles. The zero-order valence-corrected chi connectivity index (χ0v) is 12.4. The topological polar surface area (TPSA) is 24.9 Å². The van der Waals surface area contributed by atoms with Gasteiger partial charge in [0.1, 0.15) is 0 Å². The maximum Gasteiger partial charge on any atom is 0.0943 e. The summed E-state index contributed by atoms with van der Waals surface area (Å²) in [5.41, 5.74) is 1.16. The standard InChI is InChI=1S/C14H26N2S/c1-5-12(6-2)8-13(15-7-3)9-14-16-11(4)10-17-14/h10,12-13,15H,5-9H2,1-4H3. The monoisotopic (exact) mass is 254 g/mol. The molecule has 0 radical (unpaired) electrons. The molecule has 0 saturated carbocycles. The molecular formula is C14H26N2S. The molecule has 0 bridgehead atoms. The molecule has 1 aromatic rings. The largest absolute Gasteiger partial charge is 0.314 e. The van der Waals surface area contributed by atoms with Crippen molar-refractivity contribution >= 4 is 11.3 Å². The van der Waals surface area contributed by atoms with E-state index in [9.17, 15) is 0 Å². The SMILES string of the molecule is CCNC(Cc1nc(C)cs1)CC(CC)CC. The third-order valence-corrected chi connectivity index (χ3v) is 4.34. The fourth-order valence-electron chi connectivity index (χ4n) is 2.26. The van der Waals surface area contributed by atoms with E-state index in [2.05, 4.69) is 43.4 Å². The second-order valence-corrected chi connectivity index (χ2v) is 5.70. The van der Waals surface area contributed by atoms with Gasteiger partial charge in [-0.25, -0.2) is 4.98 Å². The van der Waals surface area contributed by atoms with E-state index in [1.54, 1.807) is 11.3 Å². The molecule has 98 valence electrons. The number of aromatic nitrogens is 1. The van der Waals surface area contributed by atoms with Crippen LogP contribution in [0.3, 0.4) is 0 Å². The minimum Gasteiger partial charge on any atom is -0.314 e. The summed E-state index contributed by atoms with van der Waals surface area (Å²) in [5, 5.41) is 7.03. The van der Waals surface area contributed by atoms with E-state index in [0.717, 1.165) is 24.6 Å². The van der Waals surface area contributed by atoms with Gasteiger partial charge in [0, 0.05) is 23.5 Å². The Labute approximate surface area is 110 Å². The Hall–Kier alpha value is -0.410. The van der Waals surface area contributed by atoms with Crippen LogP contribution in [0.25, 0.3) is 0 Å². The zero-order valence-electron chi connectivity index (χ0n) is 11.6. The molecule has 2 nitrogen and oxygen atoms in total. The van der Waals surface area contributed by atoms with Crippen LogP contribution in [0.2, 0.25) is 0 Å². The molecule has 1 N–H and O–H groups in total. The van der Waals surface area contributed by atoms with Crippen molar-refractivity contribution in [2.75, 3.05) is 6.54 Å². The molecule has 0 amide bonds. The number of likely N-dealkylation sites (N-methyl/N-ethyl adjacent to an activating group) is 1. The summed E-state index contributed by atoms with van der Waals surface area (Å²) in [6, 6.07) is 0.593. The number of nitrogens with one attached hydrogen (secondary N) is 1. The smallest absolute Gasteiger partial charge is 0.0943 e. The second-order valence-electron chi connectivity index (χ2n) is 4.76. The molecule has 0 spiro atoms. The van der Waals surface area contributed by atoms with Crippen LogP contribution in [-0.4, -0.2) is 17.6 Å². The lowest BCUT2D eigenvalue weighted by atomic mass is 9.93. The Morgan fingerprint density at radius 3 is 2.47 bits per heavy atom. The molecule has 1 aromatic heterocycles. The molecule has 3 heteroatoms. The highest BCUT2D eigenvalue weighted by molar-refractivity contribution is 7.09. The van der Waals surface area contributed by atoms with Gasteiger partial charge in [-0.1, -0.05) is 33.6 Å². The summed E-state index contributed by atoms with van der Waals surface area (Å²) in [7, 11) is 0. The molecule has 0 aliphatic carbocycles. The van der Waals surface area contributed by atoms with Crippen LogP contribution >= 0.6 is 11.3 Å². The fourth-order valence-corrected chi connectivity index (χ4v) is 3.11. The molecule has 1 unspecified atom stereocenters. The van der Waals surface area contributed by atoms with Gasteiger partial charge in [-0.3, -0.25) is 0 Å². The molecular weight excluding hydrogens is 228 g/mol. The Morgan fingerprint density at radius 2 is 2.00 bits per heavy atom. The Kier molecular flexibility index (Phi) is 6.75. The van der Waals surface area contributed by atoms with Gasteiger partial charge in [0.2, 0.25) is 0 Å². The van der Waals surface area contributed by atoms with Crippen LogP contribution in [0.4, 0.5) is 0 Å². The first-order valence-electron chi connectivity index (χ1n) is 6.83. The van der Waals surface area contributed by atoms with Gasteiger partial charge < -0.3 is 5.32 Å².